The summed E-state index contributed by atoms with van der Waals surface area (Å²) in [5.74, 6) is -1.23. The van der Waals surface area contributed by atoms with Gasteiger partial charge in [-0.1, -0.05) is 27.7 Å². The van der Waals surface area contributed by atoms with E-state index >= 15 is 0 Å². The van der Waals surface area contributed by atoms with Crippen LogP contribution in [0.4, 0.5) is 13.2 Å². The molecule has 1 aliphatic rings. The maximum Gasteiger partial charge on any atom is 0.391 e. The monoisotopic (exact) mass is 308 g/mol. The minimum atomic E-state index is -4.37. The van der Waals surface area contributed by atoms with Gasteiger partial charge in [0.2, 0.25) is 11.8 Å². The summed E-state index contributed by atoms with van der Waals surface area (Å²) in [6.07, 6.45) is -5.48. The molecule has 1 heterocycles. The molecule has 0 saturated carbocycles. The fraction of sp³-hybridized carbons (Fsp3) is 0.857. The maximum absolute atomic E-state index is 12.6. The number of amides is 2. The number of hydrogen-bond donors (Lipinski definition) is 1. The van der Waals surface area contributed by atoms with Gasteiger partial charge in [0.05, 0.1) is 6.42 Å². The molecule has 3 unspecified atom stereocenters. The van der Waals surface area contributed by atoms with Crippen LogP contribution in [0.5, 0.6) is 0 Å². The van der Waals surface area contributed by atoms with E-state index < -0.39 is 36.6 Å². The molecule has 4 nitrogen and oxygen atoms in total. The van der Waals surface area contributed by atoms with E-state index in [9.17, 15) is 22.8 Å². The van der Waals surface area contributed by atoms with Crippen LogP contribution < -0.4 is 5.32 Å². The minimum absolute atomic E-state index is 0.171. The molecule has 3 atom stereocenters. The first kappa shape index (κ1) is 17.8. The van der Waals surface area contributed by atoms with Crippen molar-refractivity contribution in [2.24, 2.45) is 11.8 Å². The van der Waals surface area contributed by atoms with E-state index in [1.165, 1.54) is 6.92 Å². The Morgan fingerprint density at radius 3 is 2.00 bits per heavy atom. The first-order chi connectivity index (χ1) is 9.45. The standard InChI is InChI=1S/C14H23F3N2O2/c1-7(2)10-13(21)19(9(5)6-14(15,16)17)11(8(3)4)12(20)18-10/h7-11H,6H2,1-5H3,(H,18,20). The molecule has 0 radical (unpaired) electrons. The molecule has 0 spiro atoms. The van der Waals surface area contributed by atoms with E-state index in [1.54, 1.807) is 27.7 Å². The molecular formula is C14H23F3N2O2. The molecule has 7 heteroatoms. The summed E-state index contributed by atoms with van der Waals surface area (Å²) in [6, 6.07) is -2.68. The van der Waals surface area contributed by atoms with Gasteiger partial charge in [0.15, 0.2) is 0 Å². The highest BCUT2D eigenvalue weighted by Gasteiger charge is 2.46. The van der Waals surface area contributed by atoms with E-state index in [1.807, 2.05) is 0 Å². The molecule has 1 saturated heterocycles. The van der Waals surface area contributed by atoms with E-state index in [0.717, 1.165) is 4.90 Å². The fourth-order valence-electron chi connectivity index (χ4n) is 2.72. The predicted molar refractivity (Wildman–Crippen MR) is 72.4 cm³/mol. The molecule has 0 aromatic carbocycles. The van der Waals surface area contributed by atoms with Crippen molar-refractivity contribution in [2.75, 3.05) is 0 Å². The van der Waals surface area contributed by atoms with Crippen molar-refractivity contribution in [1.82, 2.24) is 10.2 Å². The number of rotatable bonds is 4. The topological polar surface area (TPSA) is 49.4 Å². The average Bonchev–Trinajstić information content (AvgIpc) is 2.27. The largest absolute Gasteiger partial charge is 0.391 e. The van der Waals surface area contributed by atoms with Crippen LogP contribution in [0.1, 0.15) is 41.0 Å². The van der Waals surface area contributed by atoms with Crippen LogP contribution in [0.2, 0.25) is 0 Å². The smallest absolute Gasteiger partial charge is 0.342 e. The molecule has 1 rings (SSSR count). The quantitative estimate of drug-likeness (QED) is 0.866. The zero-order valence-electron chi connectivity index (χ0n) is 13.0. The van der Waals surface area contributed by atoms with Crippen LogP contribution >= 0.6 is 0 Å². The number of alkyl halides is 3. The summed E-state index contributed by atoms with van der Waals surface area (Å²) in [5.41, 5.74) is 0. The summed E-state index contributed by atoms with van der Waals surface area (Å²) in [4.78, 5) is 25.8. The second-order valence-electron chi connectivity index (χ2n) is 6.33. The molecule has 1 fully saturated rings. The van der Waals surface area contributed by atoms with Crippen LogP contribution in [-0.2, 0) is 9.59 Å². The first-order valence-electron chi connectivity index (χ1n) is 7.15. The average molecular weight is 308 g/mol. The van der Waals surface area contributed by atoms with Crippen molar-refractivity contribution in [1.29, 1.82) is 0 Å². The Bertz CT molecular complexity index is 408. The third kappa shape index (κ3) is 4.11. The Morgan fingerprint density at radius 2 is 1.62 bits per heavy atom. The number of nitrogens with one attached hydrogen (secondary N) is 1. The predicted octanol–water partition coefficient (Wildman–Crippen LogP) is 2.33. The van der Waals surface area contributed by atoms with Crippen LogP contribution in [-0.4, -0.2) is 41.0 Å². The molecule has 0 aliphatic carbocycles. The van der Waals surface area contributed by atoms with Crippen LogP contribution in [0.3, 0.4) is 0 Å². The molecule has 0 aromatic rings. The zero-order chi connectivity index (χ0) is 16.5. The van der Waals surface area contributed by atoms with Gasteiger partial charge in [-0.05, 0) is 18.8 Å². The molecule has 0 bridgehead atoms. The Hall–Kier alpha value is -1.27. The van der Waals surface area contributed by atoms with Crippen LogP contribution in [0, 0.1) is 11.8 Å². The van der Waals surface area contributed by atoms with Crippen molar-refractivity contribution in [3.63, 3.8) is 0 Å². The fourth-order valence-corrected chi connectivity index (χ4v) is 2.72. The summed E-state index contributed by atoms with van der Waals surface area (Å²) in [7, 11) is 0. The van der Waals surface area contributed by atoms with Crippen molar-refractivity contribution in [2.45, 2.75) is 65.3 Å². The number of hydrogen-bond acceptors (Lipinski definition) is 2. The second kappa shape index (κ2) is 6.23. The molecule has 2 amide bonds. The molecule has 1 N–H and O–H groups in total. The molecule has 21 heavy (non-hydrogen) atoms. The lowest BCUT2D eigenvalue weighted by molar-refractivity contribution is -0.168. The number of carbonyl (C=O) groups excluding carboxylic acids is 2. The summed E-state index contributed by atoms with van der Waals surface area (Å²) in [5, 5.41) is 2.63. The third-order valence-corrected chi connectivity index (χ3v) is 3.69. The number of halogens is 3. The lowest BCUT2D eigenvalue weighted by atomic mass is 9.91. The van der Waals surface area contributed by atoms with E-state index in [0.29, 0.717) is 0 Å². The van der Waals surface area contributed by atoms with Crippen molar-refractivity contribution in [3.8, 4) is 0 Å². The van der Waals surface area contributed by atoms with Crippen molar-refractivity contribution >= 4 is 11.8 Å². The highest BCUT2D eigenvalue weighted by Crippen LogP contribution is 2.29. The van der Waals surface area contributed by atoms with Crippen LogP contribution in [0.25, 0.3) is 0 Å². The Balaban J connectivity index is 3.11. The van der Waals surface area contributed by atoms with Gasteiger partial charge in [-0.2, -0.15) is 13.2 Å². The zero-order valence-corrected chi connectivity index (χ0v) is 13.0. The Kier molecular flexibility index (Phi) is 5.28. The van der Waals surface area contributed by atoms with E-state index in [4.69, 9.17) is 0 Å². The number of piperazine rings is 1. The SMILES string of the molecule is CC(C)C1NC(=O)C(C(C)C)N(C(C)CC(F)(F)F)C1=O. The second-order valence-corrected chi connectivity index (χ2v) is 6.33. The molecule has 1 aliphatic heterocycles. The van der Waals surface area contributed by atoms with Crippen LogP contribution in [0.15, 0.2) is 0 Å². The Morgan fingerprint density at radius 1 is 1.10 bits per heavy atom. The highest BCUT2D eigenvalue weighted by atomic mass is 19.4. The summed E-state index contributed by atoms with van der Waals surface area (Å²) < 4.78 is 37.9. The van der Waals surface area contributed by atoms with E-state index in [2.05, 4.69) is 5.32 Å². The number of carbonyl (C=O) groups is 2. The Labute approximate surface area is 123 Å². The first-order valence-corrected chi connectivity index (χ1v) is 7.15. The third-order valence-electron chi connectivity index (χ3n) is 3.69. The van der Waals surface area contributed by atoms with Gasteiger partial charge < -0.3 is 10.2 Å². The van der Waals surface area contributed by atoms with E-state index in [-0.39, 0.29) is 17.7 Å². The summed E-state index contributed by atoms with van der Waals surface area (Å²) >= 11 is 0. The van der Waals surface area contributed by atoms with Crippen molar-refractivity contribution in [3.05, 3.63) is 0 Å². The van der Waals surface area contributed by atoms with Gasteiger partial charge in [0.25, 0.3) is 0 Å². The summed E-state index contributed by atoms with van der Waals surface area (Å²) in [6.45, 7) is 8.30. The van der Waals surface area contributed by atoms with Gasteiger partial charge >= 0.3 is 6.18 Å². The highest BCUT2D eigenvalue weighted by molar-refractivity contribution is 5.97. The maximum atomic E-state index is 12.6. The normalized spacial score (nSPS) is 25.5. The number of nitrogens with zero attached hydrogens (tertiary/aromatic N) is 1. The lowest BCUT2D eigenvalue weighted by Gasteiger charge is -2.45. The minimum Gasteiger partial charge on any atom is -0.342 e. The van der Waals surface area contributed by atoms with Gasteiger partial charge in [-0.15, -0.1) is 0 Å². The molecule has 0 aromatic heterocycles. The van der Waals surface area contributed by atoms with Gasteiger partial charge in [0, 0.05) is 6.04 Å². The van der Waals surface area contributed by atoms with Gasteiger partial charge in [-0.3, -0.25) is 9.59 Å². The van der Waals surface area contributed by atoms with Gasteiger partial charge in [0.1, 0.15) is 12.1 Å². The van der Waals surface area contributed by atoms with Crippen molar-refractivity contribution < 1.29 is 22.8 Å². The van der Waals surface area contributed by atoms with Gasteiger partial charge in [-0.25, -0.2) is 0 Å². The molecule has 122 valence electrons. The lowest BCUT2D eigenvalue weighted by Crippen LogP contribution is -2.68. The molecular weight excluding hydrogens is 285 g/mol.